The molecule has 4 rings (SSSR count). The van der Waals surface area contributed by atoms with Gasteiger partial charge in [-0.2, -0.15) is 5.10 Å². The summed E-state index contributed by atoms with van der Waals surface area (Å²) >= 11 is 5.96. The van der Waals surface area contributed by atoms with Gasteiger partial charge in [0.05, 0.1) is 18.7 Å². The lowest BCUT2D eigenvalue weighted by molar-refractivity contribution is 0.0945. The van der Waals surface area contributed by atoms with Crippen molar-refractivity contribution < 1.29 is 14.3 Å². The van der Waals surface area contributed by atoms with Gasteiger partial charge in [0.1, 0.15) is 5.82 Å². The number of hydrogen-bond acceptors (Lipinski definition) is 3. The summed E-state index contributed by atoms with van der Waals surface area (Å²) in [6.07, 6.45) is 1.90. The Morgan fingerprint density at radius 2 is 1.97 bits per heavy atom. The lowest BCUT2D eigenvalue weighted by Crippen LogP contribution is -2.26. The van der Waals surface area contributed by atoms with Crippen LogP contribution in [0.15, 0.2) is 66.9 Å². The molecule has 152 valence electrons. The van der Waals surface area contributed by atoms with Crippen molar-refractivity contribution in [2.75, 3.05) is 13.2 Å². The van der Waals surface area contributed by atoms with Gasteiger partial charge in [0, 0.05) is 28.7 Å². The Kier molecular flexibility index (Phi) is 5.79. The molecule has 0 aliphatic carbocycles. The fraction of sp³-hybridized carbons (Fsp3) is 0.130. The quantitative estimate of drug-likeness (QED) is 0.486. The van der Waals surface area contributed by atoms with Crippen molar-refractivity contribution in [2.45, 2.75) is 6.54 Å². The highest BCUT2D eigenvalue weighted by Crippen LogP contribution is 2.29. The maximum Gasteiger partial charge on any atom is 0.251 e. The zero-order chi connectivity index (χ0) is 21.1. The number of nitrogens with zero attached hydrogens (tertiary/aromatic N) is 2. The molecule has 0 spiro atoms. The van der Waals surface area contributed by atoms with Gasteiger partial charge in [-0.05, 0) is 53.1 Å². The van der Waals surface area contributed by atoms with Crippen LogP contribution in [0, 0.1) is 5.82 Å². The zero-order valence-electron chi connectivity index (χ0n) is 16.0. The second-order valence-electron chi connectivity index (χ2n) is 6.90. The van der Waals surface area contributed by atoms with Crippen LogP contribution in [0.4, 0.5) is 4.39 Å². The van der Waals surface area contributed by atoms with Crippen LogP contribution in [0.2, 0.25) is 5.02 Å². The topological polar surface area (TPSA) is 67.2 Å². The van der Waals surface area contributed by atoms with Crippen molar-refractivity contribution in [3.05, 3.63) is 88.8 Å². The van der Waals surface area contributed by atoms with E-state index in [9.17, 15) is 9.18 Å². The smallest absolute Gasteiger partial charge is 0.251 e. The van der Waals surface area contributed by atoms with E-state index >= 15 is 0 Å². The van der Waals surface area contributed by atoms with Crippen molar-refractivity contribution >= 4 is 28.4 Å². The Balaban J connectivity index is 1.68. The van der Waals surface area contributed by atoms with Gasteiger partial charge in [-0.25, -0.2) is 4.39 Å². The maximum absolute atomic E-state index is 13.6. The van der Waals surface area contributed by atoms with Crippen LogP contribution < -0.4 is 5.32 Å². The van der Waals surface area contributed by atoms with Crippen molar-refractivity contribution in [3.8, 4) is 11.1 Å². The molecule has 0 atom stereocenters. The van der Waals surface area contributed by atoms with Crippen LogP contribution in [-0.4, -0.2) is 33.9 Å². The number of halogens is 2. The van der Waals surface area contributed by atoms with Gasteiger partial charge in [-0.15, -0.1) is 0 Å². The van der Waals surface area contributed by atoms with Crippen LogP contribution in [0.1, 0.15) is 15.9 Å². The SMILES string of the molecule is O=C(NCCO)c1cccc(-c2cccc3nn(Cc4cc(F)cc(Cl)c4)cc23)c1. The molecule has 0 aliphatic heterocycles. The normalized spacial score (nSPS) is 11.0. The number of carbonyl (C=O) groups is 1. The molecule has 7 heteroatoms. The fourth-order valence-corrected chi connectivity index (χ4v) is 3.66. The molecule has 0 unspecified atom stereocenters. The van der Waals surface area contributed by atoms with E-state index in [4.69, 9.17) is 16.7 Å². The number of benzene rings is 3. The molecule has 0 aliphatic rings. The molecule has 1 heterocycles. The molecule has 0 saturated carbocycles. The van der Waals surface area contributed by atoms with Gasteiger partial charge in [0.2, 0.25) is 0 Å². The summed E-state index contributed by atoms with van der Waals surface area (Å²) in [7, 11) is 0. The molecule has 2 N–H and O–H groups in total. The average molecular weight is 424 g/mol. The lowest BCUT2D eigenvalue weighted by atomic mass is 10.00. The Morgan fingerprint density at radius 1 is 1.13 bits per heavy atom. The summed E-state index contributed by atoms with van der Waals surface area (Å²) in [6.45, 7) is 0.477. The van der Waals surface area contributed by atoms with E-state index in [2.05, 4.69) is 10.4 Å². The minimum absolute atomic E-state index is 0.111. The average Bonchev–Trinajstić information content (AvgIpc) is 3.13. The third-order valence-electron chi connectivity index (χ3n) is 4.70. The minimum atomic E-state index is -0.383. The molecular formula is C23H19ClFN3O2. The Bertz CT molecular complexity index is 1200. The van der Waals surface area contributed by atoms with Gasteiger partial charge in [0.15, 0.2) is 0 Å². The number of aliphatic hydroxyl groups excluding tert-OH is 1. The van der Waals surface area contributed by atoms with E-state index < -0.39 is 0 Å². The summed E-state index contributed by atoms with van der Waals surface area (Å²) in [5.41, 5.74) is 3.85. The molecule has 30 heavy (non-hydrogen) atoms. The minimum Gasteiger partial charge on any atom is -0.395 e. The van der Waals surface area contributed by atoms with Gasteiger partial charge >= 0.3 is 0 Å². The summed E-state index contributed by atoms with van der Waals surface area (Å²) < 4.78 is 15.4. The number of aromatic nitrogens is 2. The number of amides is 1. The third-order valence-corrected chi connectivity index (χ3v) is 4.92. The largest absolute Gasteiger partial charge is 0.395 e. The van der Waals surface area contributed by atoms with Crippen molar-refractivity contribution in [1.82, 2.24) is 15.1 Å². The van der Waals surface area contributed by atoms with Gasteiger partial charge in [-0.1, -0.05) is 35.9 Å². The number of nitrogens with one attached hydrogen (secondary N) is 1. The predicted molar refractivity (Wildman–Crippen MR) is 115 cm³/mol. The van der Waals surface area contributed by atoms with Crippen molar-refractivity contribution in [3.63, 3.8) is 0 Å². The van der Waals surface area contributed by atoms with E-state index in [-0.39, 0.29) is 24.9 Å². The summed E-state index contributed by atoms with van der Waals surface area (Å²) in [5.74, 6) is -0.622. The number of aliphatic hydroxyl groups is 1. The van der Waals surface area contributed by atoms with E-state index in [0.717, 1.165) is 27.6 Å². The first-order valence-electron chi connectivity index (χ1n) is 9.44. The zero-order valence-corrected chi connectivity index (χ0v) is 16.7. The third kappa shape index (κ3) is 4.35. The van der Waals surface area contributed by atoms with Crippen molar-refractivity contribution in [1.29, 1.82) is 0 Å². The lowest BCUT2D eigenvalue weighted by Gasteiger charge is -2.07. The van der Waals surface area contributed by atoms with Crippen LogP contribution in [0.3, 0.4) is 0 Å². The number of fused-ring (bicyclic) bond motifs is 1. The first-order chi connectivity index (χ1) is 14.5. The predicted octanol–water partition coefficient (Wildman–Crippen LogP) is 4.27. The van der Waals surface area contributed by atoms with E-state index in [1.165, 1.54) is 12.1 Å². The van der Waals surface area contributed by atoms with E-state index in [0.29, 0.717) is 17.1 Å². The highest BCUT2D eigenvalue weighted by molar-refractivity contribution is 6.30. The molecule has 5 nitrogen and oxygen atoms in total. The molecule has 1 aromatic heterocycles. The first kappa shape index (κ1) is 20.1. The molecule has 4 aromatic rings. The Hall–Kier alpha value is -3.22. The molecule has 0 radical (unpaired) electrons. The summed E-state index contributed by atoms with van der Waals surface area (Å²) in [4.78, 5) is 12.2. The summed E-state index contributed by atoms with van der Waals surface area (Å²) in [6, 6.07) is 17.5. The molecule has 1 amide bonds. The Labute approximate surface area is 177 Å². The van der Waals surface area contributed by atoms with E-state index in [1.54, 1.807) is 16.8 Å². The number of carbonyl (C=O) groups excluding carboxylic acids is 1. The monoisotopic (exact) mass is 423 g/mol. The van der Waals surface area contributed by atoms with Crippen LogP contribution in [-0.2, 0) is 6.54 Å². The number of hydrogen-bond donors (Lipinski definition) is 2. The number of rotatable bonds is 6. The summed E-state index contributed by atoms with van der Waals surface area (Å²) in [5, 5.41) is 17.4. The van der Waals surface area contributed by atoms with Crippen molar-refractivity contribution in [2.24, 2.45) is 0 Å². The van der Waals surface area contributed by atoms with E-state index in [1.807, 2.05) is 42.6 Å². The Morgan fingerprint density at radius 3 is 2.77 bits per heavy atom. The maximum atomic E-state index is 13.6. The molecule has 0 bridgehead atoms. The molecule has 0 saturated heterocycles. The molecular weight excluding hydrogens is 405 g/mol. The van der Waals surface area contributed by atoms with Gasteiger partial charge in [-0.3, -0.25) is 9.48 Å². The van der Waals surface area contributed by atoms with Crippen LogP contribution in [0.5, 0.6) is 0 Å². The molecule has 0 fully saturated rings. The van der Waals surface area contributed by atoms with Gasteiger partial charge in [0.25, 0.3) is 5.91 Å². The fourth-order valence-electron chi connectivity index (χ4n) is 3.41. The second kappa shape index (κ2) is 8.65. The molecule has 3 aromatic carbocycles. The first-order valence-corrected chi connectivity index (χ1v) is 9.82. The highest BCUT2D eigenvalue weighted by Gasteiger charge is 2.11. The van der Waals surface area contributed by atoms with Gasteiger partial charge < -0.3 is 10.4 Å². The van der Waals surface area contributed by atoms with Crippen LogP contribution in [0.25, 0.3) is 22.0 Å². The second-order valence-corrected chi connectivity index (χ2v) is 7.34. The van der Waals surface area contributed by atoms with Crippen LogP contribution >= 0.6 is 11.6 Å². The highest BCUT2D eigenvalue weighted by atomic mass is 35.5. The standard InChI is InChI=1S/C23H19ClFN3O2/c24-18-9-15(10-19(25)12-18)13-28-14-21-20(5-2-6-22(21)27-28)16-3-1-4-17(11-16)23(30)26-7-8-29/h1-6,9-12,14,29H,7-8,13H2,(H,26,30).